The van der Waals surface area contributed by atoms with Crippen molar-refractivity contribution in [3.63, 3.8) is 0 Å². The van der Waals surface area contributed by atoms with Crippen LogP contribution in [0.25, 0.3) is 0 Å². The molecule has 3 nitrogen and oxygen atoms in total. The van der Waals surface area contributed by atoms with Crippen molar-refractivity contribution in [3.8, 4) is 5.75 Å². The monoisotopic (exact) mass is 220 g/mol. The van der Waals surface area contributed by atoms with Crippen LogP contribution >= 0.6 is 0 Å². The molecule has 0 radical (unpaired) electrons. The average molecular weight is 220 g/mol. The highest BCUT2D eigenvalue weighted by Crippen LogP contribution is 2.27. The Bertz CT molecular complexity index is 339. The second-order valence-corrected chi connectivity index (χ2v) is 4.16. The lowest BCUT2D eigenvalue weighted by atomic mass is 10.1. The Morgan fingerprint density at radius 1 is 1.25 bits per heavy atom. The quantitative estimate of drug-likeness (QED) is 0.720. The van der Waals surface area contributed by atoms with Crippen molar-refractivity contribution < 1.29 is 4.74 Å². The lowest BCUT2D eigenvalue weighted by molar-refractivity contribution is 0.357. The number of nitrogens with one attached hydrogen (secondary N) is 2. The van der Waals surface area contributed by atoms with Gasteiger partial charge in [0.2, 0.25) is 0 Å². The van der Waals surface area contributed by atoms with Gasteiger partial charge in [0.1, 0.15) is 5.75 Å². The molecule has 0 amide bonds. The molecule has 1 aromatic rings. The molecular weight excluding hydrogens is 200 g/mol. The van der Waals surface area contributed by atoms with Gasteiger partial charge < -0.3 is 15.4 Å². The molecule has 0 atom stereocenters. The highest BCUT2D eigenvalue weighted by molar-refractivity contribution is 5.52. The number of ether oxygens (including phenoxy) is 1. The van der Waals surface area contributed by atoms with E-state index in [1.54, 1.807) is 0 Å². The van der Waals surface area contributed by atoms with Crippen LogP contribution in [-0.2, 0) is 6.42 Å². The number of benzene rings is 1. The van der Waals surface area contributed by atoms with Crippen LogP contribution in [0.5, 0.6) is 5.75 Å². The van der Waals surface area contributed by atoms with Crippen molar-refractivity contribution in [2.24, 2.45) is 0 Å². The SMILES string of the molecule is CNCCCCNc1ccc2c(c1)CCO2. The maximum absolute atomic E-state index is 5.47. The van der Waals surface area contributed by atoms with E-state index in [-0.39, 0.29) is 0 Å². The number of unbranched alkanes of at least 4 members (excludes halogenated alkanes) is 1. The number of anilines is 1. The fourth-order valence-electron chi connectivity index (χ4n) is 1.96. The fourth-order valence-corrected chi connectivity index (χ4v) is 1.96. The van der Waals surface area contributed by atoms with E-state index in [4.69, 9.17) is 4.74 Å². The summed E-state index contributed by atoms with van der Waals surface area (Å²) >= 11 is 0. The number of fused-ring (bicyclic) bond motifs is 1. The van der Waals surface area contributed by atoms with Crippen LogP contribution in [-0.4, -0.2) is 26.7 Å². The maximum atomic E-state index is 5.47. The summed E-state index contributed by atoms with van der Waals surface area (Å²) in [5.41, 5.74) is 2.55. The highest BCUT2D eigenvalue weighted by Gasteiger charge is 2.11. The highest BCUT2D eigenvalue weighted by atomic mass is 16.5. The first-order valence-corrected chi connectivity index (χ1v) is 6.04. The van der Waals surface area contributed by atoms with E-state index >= 15 is 0 Å². The van der Waals surface area contributed by atoms with Crippen LogP contribution in [0.1, 0.15) is 18.4 Å². The van der Waals surface area contributed by atoms with E-state index in [1.807, 2.05) is 7.05 Å². The van der Waals surface area contributed by atoms with Crippen molar-refractivity contribution >= 4 is 5.69 Å². The lowest BCUT2D eigenvalue weighted by Gasteiger charge is -2.07. The Balaban J connectivity index is 1.77. The molecule has 0 aliphatic carbocycles. The van der Waals surface area contributed by atoms with Crippen LogP contribution in [0.2, 0.25) is 0 Å². The van der Waals surface area contributed by atoms with Crippen LogP contribution in [0.4, 0.5) is 5.69 Å². The minimum absolute atomic E-state index is 0.834. The fraction of sp³-hybridized carbons (Fsp3) is 0.538. The van der Waals surface area contributed by atoms with E-state index < -0.39 is 0 Å². The molecule has 0 bridgehead atoms. The molecular formula is C13H20N2O. The van der Waals surface area contributed by atoms with Gasteiger partial charge in [-0.2, -0.15) is 0 Å². The molecule has 1 aliphatic rings. The summed E-state index contributed by atoms with van der Waals surface area (Å²) in [6, 6.07) is 6.38. The first kappa shape index (κ1) is 11.3. The lowest BCUT2D eigenvalue weighted by Crippen LogP contribution is -2.10. The molecule has 1 aromatic carbocycles. The Morgan fingerprint density at radius 2 is 2.12 bits per heavy atom. The van der Waals surface area contributed by atoms with Crippen molar-refractivity contribution in [1.29, 1.82) is 0 Å². The van der Waals surface area contributed by atoms with Gasteiger partial charge >= 0.3 is 0 Å². The van der Waals surface area contributed by atoms with Crippen LogP contribution in [0.3, 0.4) is 0 Å². The molecule has 0 unspecified atom stereocenters. The van der Waals surface area contributed by atoms with Crippen LogP contribution in [0, 0.1) is 0 Å². The third-order valence-corrected chi connectivity index (χ3v) is 2.87. The topological polar surface area (TPSA) is 33.3 Å². The van der Waals surface area contributed by atoms with Crippen molar-refractivity contribution in [3.05, 3.63) is 23.8 Å². The first-order chi connectivity index (χ1) is 7.90. The minimum Gasteiger partial charge on any atom is -0.493 e. The summed E-state index contributed by atoms with van der Waals surface area (Å²) in [7, 11) is 1.99. The second kappa shape index (κ2) is 5.75. The van der Waals surface area contributed by atoms with Crippen molar-refractivity contribution in [1.82, 2.24) is 5.32 Å². The van der Waals surface area contributed by atoms with Crippen LogP contribution < -0.4 is 15.4 Å². The average Bonchev–Trinajstić information content (AvgIpc) is 2.76. The zero-order chi connectivity index (χ0) is 11.2. The minimum atomic E-state index is 0.834. The van der Waals surface area contributed by atoms with Crippen molar-refractivity contribution in [2.45, 2.75) is 19.3 Å². The van der Waals surface area contributed by atoms with Gasteiger partial charge in [-0.25, -0.2) is 0 Å². The van der Waals surface area contributed by atoms with Gasteiger partial charge in [0.25, 0.3) is 0 Å². The second-order valence-electron chi connectivity index (χ2n) is 4.16. The summed E-state index contributed by atoms with van der Waals surface area (Å²) < 4.78 is 5.47. The summed E-state index contributed by atoms with van der Waals surface area (Å²) in [6.45, 7) is 2.97. The van der Waals surface area contributed by atoms with E-state index in [2.05, 4.69) is 28.8 Å². The molecule has 2 rings (SSSR count). The Morgan fingerprint density at radius 3 is 3.00 bits per heavy atom. The molecule has 16 heavy (non-hydrogen) atoms. The predicted octanol–water partition coefficient (Wildman–Crippen LogP) is 2.03. The van der Waals surface area contributed by atoms with E-state index in [0.29, 0.717) is 0 Å². The molecule has 1 heterocycles. The zero-order valence-electron chi connectivity index (χ0n) is 9.88. The number of hydrogen-bond donors (Lipinski definition) is 2. The predicted molar refractivity (Wildman–Crippen MR) is 67.3 cm³/mol. The molecule has 88 valence electrons. The Hall–Kier alpha value is -1.22. The summed E-state index contributed by atoms with van der Waals surface area (Å²) in [5, 5.41) is 6.61. The van der Waals surface area contributed by atoms with Gasteiger partial charge in [-0.1, -0.05) is 0 Å². The van der Waals surface area contributed by atoms with Gasteiger partial charge in [0, 0.05) is 18.7 Å². The molecule has 2 N–H and O–H groups in total. The summed E-state index contributed by atoms with van der Waals surface area (Å²) in [4.78, 5) is 0. The van der Waals surface area contributed by atoms with E-state index in [0.717, 1.165) is 31.9 Å². The standard InChI is InChI=1S/C13H20N2O/c1-14-7-2-3-8-15-12-4-5-13-11(10-12)6-9-16-13/h4-5,10,14-15H,2-3,6-9H2,1H3. The normalized spacial score (nSPS) is 13.3. The smallest absolute Gasteiger partial charge is 0.122 e. The third kappa shape index (κ3) is 2.89. The van der Waals surface area contributed by atoms with Crippen molar-refractivity contribution in [2.75, 3.05) is 32.1 Å². The maximum Gasteiger partial charge on any atom is 0.122 e. The first-order valence-electron chi connectivity index (χ1n) is 6.04. The largest absolute Gasteiger partial charge is 0.493 e. The van der Waals surface area contributed by atoms with Gasteiger partial charge in [-0.15, -0.1) is 0 Å². The summed E-state index contributed by atoms with van der Waals surface area (Å²) in [5.74, 6) is 1.06. The van der Waals surface area contributed by atoms with E-state index in [9.17, 15) is 0 Å². The summed E-state index contributed by atoms with van der Waals surface area (Å²) in [6.07, 6.45) is 3.47. The molecule has 0 fully saturated rings. The van der Waals surface area contributed by atoms with E-state index in [1.165, 1.54) is 24.1 Å². The van der Waals surface area contributed by atoms with Gasteiger partial charge in [-0.3, -0.25) is 0 Å². The Kier molecular flexibility index (Phi) is 4.05. The molecule has 0 saturated carbocycles. The molecule has 0 saturated heterocycles. The van der Waals surface area contributed by atoms with Gasteiger partial charge in [-0.05, 0) is 50.2 Å². The number of rotatable bonds is 6. The Labute approximate surface area is 97.2 Å². The van der Waals surface area contributed by atoms with Gasteiger partial charge in [0.05, 0.1) is 6.61 Å². The molecule has 1 aliphatic heterocycles. The molecule has 3 heteroatoms. The number of hydrogen-bond acceptors (Lipinski definition) is 3. The molecule has 0 spiro atoms. The molecule has 0 aromatic heterocycles. The zero-order valence-corrected chi connectivity index (χ0v) is 9.88. The third-order valence-electron chi connectivity index (χ3n) is 2.87. The van der Waals surface area contributed by atoms with Crippen LogP contribution in [0.15, 0.2) is 18.2 Å². The van der Waals surface area contributed by atoms with Gasteiger partial charge in [0.15, 0.2) is 0 Å².